The van der Waals surface area contributed by atoms with E-state index in [1.54, 1.807) is 24.3 Å². The standard InChI is InChI=1S/C14H13NO4/c16-10-5-6-15(8-10)13(17)11-7-9-3-1-2-4-12(9)19-14(11)18/h1-4,7,10,16H,5-6,8H2/t10-/m1/s1. The summed E-state index contributed by atoms with van der Waals surface area (Å²) in [5.74, 6) is -0.379. The van der Waals surface area contributed by atoms with Crippen LogP contribution in [-0.4, -0.2) is 35.1 Å². The molecule has 0 unspecified atom stereocenters. The molecular weight excluding hydrogens is 246 g/mol. The molecule has 0 radical (unpaired) electrons. The third-order valence-corrected chi connectivity index (χ3v) is 3.32. The van der Waals surface area contributed by atoms with Crippen LogP contribution in [0.5, 0.6) is 0 Å². The lowest BCUT2D eigenvalue weighted by atomic mass is 10.1. The fourth-order valence-electron chi connectivity index (χ4n) is 2.31. The largest absolute Gasteiger partial charge is 0.422 e. The van der Waals surface area contributed by atoms with Gasteiger partial charge in [-0.3, -0.25) is 4.79 Å². The summed E-state index contributed by atoms with van der Waals surface area (Å²) in [5, 5.41) is 10.2. The van der Waals surface area contributed by atoms with Crippen molar-refractivity contribution in [1.82, 2.24) is 4.90 Å². The summed E-state index contributed by atoms with van der Waals surface area (Å²) < 4.78 is 5.13. The van der Waals surface area contributed by atoms with Gasteiger partial charge in [-0.25, -0.2) is 4.79 Å². The van der Waals surface area contributed by atoms with E-state index < -0.39 is 11.7 Å². The number of carbonyl (C=O) groups excluding carboxylic acids is 1. The van der Waals surface area contributed by atoms with Gasteiger partial charge in [-0.1, -0.05) is 18.2 Å². The average molecular weight is 259 g/mol. The Morgan fingerprint density at radius 1 is 1.37 bits per heavy atom. The first-order valence-corrected chi connectivity index (χ1v) is 6.15. The second kappa shape index (κ2) is 4.51. The van der Waals surface area contributed by atoms with Crippen LogP contribution in [0.15, 0.2) is 39.5 Å². The normalized spacial score (nSPS) is 19.0. The molecule has 1 atom stereocenters. The van der Waals surface area contributed by atoms with E-state index >= 15 is 0 Å². The number of fused-ring (bicyclic) bond motifs is 1. The van der Waals surface area contributed by atoms with E-state index in [0.29, 0.717) is 23.9 Å². The van der Waals surface area contributed by atoms with E-state index in [1.807, 2.05) is 6.07 Å². The smallest absolute Gasteiger partial charge is 0.349 e. The molecule has 1 aliphatic rings. The van der Waals surface area contributed by atoms with E-state index in [2.05, 4.69) is 0 Å². The first kappa shape index (κ1) is 11.9. The monoisotopic (exact) mass is 259 g/mol. The molecule has 0 spiro atoms. The summed E-state index contributed by atoms with van der Waals surface area (Å²) >= 11 is 0. The predicted octanol–water partition coefficient (Wildman–Crippen LogP) is 1.000. The summed E-state index contributed by atoms with van der Waals surface area (Å²) in [6.07, 6.45) is 0.0430. The molecule has 1 fully saturated rings. The highest BCUT2D eigenvalue weighted by molar-refractivity contribution is 5.96. The Hall–Kier alpha value is -2.14. The molecule has 2 heterocycles. The maximum absolute atomic E-state index is 12.2. The molecule has 98 valence electrons. The highest BCUT2D eigenvalue weighted by Gasteiger charge is 2.27. The fourth-order valence-corrected chi connectivity index (χ4v) is 2.31. The van der Waals surface area contributed by atoms with Gasteiger partial charge >= 0.3 is 5.63 Å². The number of aliphatic hydroxyl groups excluding tert-OH is 1. The maximum Gasteiger partial charge on any atom is 0.349 e. The first-order chi connectivity index (χ1) is 9.15. The molecule has 5 heteroatoms. The predicted molar refractivity (Wildman–Crippen MR) is 69.0 cm³/mol. The van der Waals surface area contributed by atoms with Gasteiger partial charge in [0.05, 0.1) is 6.10 Å². The number of para-hydroxylation sites is 1. The molecule has 1 N–H and O–H groups in total. The molecule has 2 aromatic rings. The number of hydrogen-bond donors (Lipinski definition) is 1. The lowest BCUT2D eigenvalue weighted by Gasteiger charge is -2.14. The number of β-amino-alcohol motifs (C(OH)–C–C–N with tert-alkyl or cyclic N) is 1. The van der Waals surface area contributed by atoms with Crippen LogP contribution in [0.2, 0.25) is 0 Å². The molecule has 1 aromatic heterocycles. The van der Waals surface area contributed by atoms with Crippen molar-refractivity contribution >= 4 is 16.9 Å². The number of amides is 1. The van der Waals surface area contributed by atoms with Crippen LogP contribution in [0, 0.1) is 0 Å². The molecule has 19 heavy (non-hydrogen) atoms. The van der Waals surface area contributed by atoms with Crippen molar-refractivity contribution in [3.8, 4) is 0 Å². The van der Waals surface area contributed by atoms with Gasteiger partial charge < -0.3 is 14.4 Å². The van der Waals surface area contributed by atoms with Crippen LogP contribution in [0.1, 0.15) is 16.8 Å². The SMILES string of the molecule is O=C(c1cc2ccccc2oc1=O)N1CC[C@@H](O)C1. The summed E-state index contributed by atoms with van der Waals surface area (Å²) in [4.78, 5) is 25.5. The Balaban J connectivity index is 2.02. The van der Waals surface area contributed by atoms with Crippen LogP contribution in [0.4, 0.5) is 0 Å². The molecule has 1 amide bonds. The van der Waals surface area contributed by atoms with Crippen molar-refractivity contribution in [2.24, 2.45) is 0 Å². The first-order valence-electron chi connectivity index (χ1n) is 6.15. The molecule has 0 bridgehead atoms. The van der Waals surface area contributed by atoms with Crippen LogP contribution in [0.3, 0.4) is 0 Å². The molecule has 3 rings (SSSR count). The zero-order valence-corrected chi connectivity index (χ0v) is 10.2. The Bertz CT molecular complexity index is 691. The lowest BCUT2D eigenvalue weighted by molar-refractivity contribution is 0.0761. The van der Waals surface area contributed by atoms with Gasteiger partial charge in [0.15, 0.2) is 0 Å². The summed E-state index contributed by atoms with van der Waals surface area (Å²) in [6, 6.07) is 8.60. The second-order valence-electron chi connectivity index (χ2n) is 4.68. The van der Waals surface area contributed by atoms with Crippen molar-refractivity contribution in [2.45, 2.75) is 12.5 Å². The summed E-state index contributed by atoms with van der Waals surface area (Å²) in [5.41, 5.74) is -0.150. The minimum absolute atomic E-state index is 0.0211. The van der Waals surface area contributed by atoms with Gasteiger partial charge in [-0.05, 0) is 18.6 Å². The number of nitrogens with zero attached hydrogens (tertiary/aromatic N) is 1. The third kappa shape index (κ3) is 2.13. The van der Waals surface area contributed by atoms with Gasteiger partial charge in [0.1, 0.15) is 11.1 Å². The summed E-state index contributed by atoms with van der Waals surface area (Å²) in [6.45, 7) is 0.733. The van der Waals surface area contributed by atoms with Crippen molar-refractivity contribution < 1.29 is 14.3 Å². The Labute approximate surface area is 109 Å². The lowest BCUT2D eigenvalue weighted by Crippen LogP contribution is -2.32. The molecule has 5 nitrogen and oxygen atoms in total. The average Bonchev–Trinajstić information content (AvgIpc) is 2.84. The van der Waals surface area contributed by atoms with Crippen LogP contribution in [-0.2, 0) is 0 Å². The molecule has 1 saturated heterocycles. The van der Waals surface area contributed by atoms with E-state index in [1.165, 1.54) is 4.90 Å². The third-order valence-electron chi connectivity index (χ3n) is 3.32. The van der Waals surface area contributed by atoms with Gasteiger partial charge in [0, 0.05) is 18.5 Å². The topological polar surface area (TPSA) is 70.8 Å². The molecule has 1 aliphatic heterocycles. The maximum atomic E-state index is 12.2. The molecule has 0 aliphatic carbocycles. The van der Waals surface area contributed by atoms with Gasteiger partial charge in [0.2, 0.25) is 0 Å². The minimum atomic E-state index is -0.634. The Morgan fingerprint density at radius 2 is 2.16 bits per heavy atom. The minimum Gasteiger partial charge on any atom is -0.422 e. The van der Waals surface area contributed by atoms with E-state index in [9.17, 15) is 14.7 Å². The quantitative estimate of drug-likeness (QED) is 0.776. The van der Waals surface area contributed by atoms with Crippen molar-refractivity contribution in [3.05, 3.63) is 46.3 Å². The highest BCUT2D eigenvalue weighted by atomic mass is 16.4. The number of aliphatic hydroxyl groups is 1. The van der Waals surface area contributed by atoms with Crippen molar-refractivity contribution in [2.75, 3.05) is 13.1 Å². The summed E-state index contributed by atoms with van der Waals surface area (Å²) in [7, 11) is 0. The van der Waals surface area contributed by atoms with Gasteiger partial charge in [0.25, 0.3) is 5.91 Å². The molecule has 0 saturated carbocycles. The van der Waals surface area contributed by atoms with Crippen LogP contribution < -0.4 is 5.63 Å². The number of rotatable bonds is 1. The second-order valence-corrected chi connectivity index (χ2v) is 4.68. The molecule has 1 aromatic carbocycles. The Morgan fingerprint density at radius 3 is 2.89 bits per heavy atom. The van der Waals surface area contributed by atoms with E-state index in [4.69, 9.17) is 4.42 Å². The number of carbonyl (C=O) groups is 1. The van der Waals surface area contributed by atoms with E-state index in [0.717, 1.165) is 0 Å². The van der Waals surface area contributed by atoms with Crippen molar-refractivity contribution in [1.29, 1.82) is 0 Å². The number of hydrogen-bond acceptors (Lipinski definition) is 4. The zero-order chi connectivity index (χ0) is 13.4. The van der Waals surface area contributed by atoms with Crippen molar-refractivity contribution in [3.63, 3.8) is 0 Å². The fraction of sp³-hybridized carbons (Fsp3) is 0.286. The number of benzene rings is 1. The van der Waals surface area contributed by atoms with Gasteiger partial charge in [-0.15, -0.1) is 0 Å². The van der Waals surface area contributed by atoms with Crippen LogP contribution in [0.25, 0.3) is 11.0 Å². The van der Waals surface area contributed by atoms with E-state index in [-0.39, 0.29) is 18.0 Å². The van der Waals surface area contributed by atoms with Crippen LogP contribution >= 0.6 is 0 Å². The molecular formula is C14H13NO4. The van der Waals surface area contributed by atoms with Gasteiger partial charge in [-0.2, -0.15) is 0 Å². The zero-order valence-electron chi connectivity index (χ0n) is 10.2. The highest BCUT2D eigenvalue weighted by Crippen LogP contribution is 2.16. The number of likely N-dealkylation sites (tertiary alicyclic amines) is 1. The Kier molecular flexibility index (Phi) is 2.83.